The van der Waals surface area contributed by atoms with E-state index in [0.29, 0.717) is 5.89 Å². The van der Waals surface area contributed by atoms with Crippen molar-refractivity contribution in [1.29, 1.82) is 0 Å². The molecule has 3 aromatic rings. The molecule has 4 nitrogen and oxygen atoms in total. The molecule has 0 N–H and O–H groups in total. The third kappa shape index (κ3) is 3.19. The van der Waals surface area contributed by atoms with Crippen LogP contribution in [0.3, 0.4) is 0 Å². The lowest BCUT2D eigenvalue weighted by atomic mass is 10.5. The second-order valence-corrected chi connectivity index (χ2v) is 7.65. The predicted molar refractivity (Wildman–Crippen MR) is 81.1 cm³/mol. The zero-order chi connectivity index (χ0) is 13.1. The maximum absolute atomic E-state index is 5.47. The molecule has 8 heteroatoms. The third-order valence-corrected chi connectivity index (χ3v) is 6.11. The summed E-state index contributed by atoms with van der Waals surface area (Å²) in [7, 11) is 0. The molecule has 0 aliphatic carbocycles. The fourth-order valence-corrected chi connectivity index (χ4v) is 4.33. The van der Waals surface area contributed by atoms with Crippen molar-refractivity contribution in [1.82, 2.24) is 15.2 Å². The first kappa shape index (κ1) is 13.2. The molecule has 19 heavy (non-hydrogen) atoms. The molecule has 0 atom stereocenters. The van der Waals surface area contributed by atoms with E-state index in [-0.39, 0.29) is 0 Å². The van der Waals surface area contributed by atoms with E-state index in [4.69, 9.17) is 4.42 Å². The fraction of sp³-hybridized carbons (Fsp3) is 0.182. The maximum Gasteiger partial charge on any atom is 0.236 e. The van der Waals surface area contributed by atoms with E-state index in [9.17, 15) is 0 Å². The van der Waals surface area contributed by atoms with Gasteiger partial charge < -0.3 is 4.42 Å². The number of hydrogen-bond acceptors (Lipinski definition) is 8. The minimum Gasteiger partial charge on any atom is -0.444 e. The van der Waals surface area contributed by atoms with Gasteiger partial charge in [-0.15, -0.1) is 21.5 Å². The van der Waals surface area contributed by atoms with Crippen LogP contribution >= 0.6 is 46.2 Å². The van der Waals surface area contributed by atoms with E-state index >= 15 is 0 Å². The Hall–Kier alpha value is -0.830. The molecule has 0 aromatic carbocycles. The van der Waals surface area contributed by atoms with Gasteiger partial charge in [0.2, 0.25) is 5.89 Å². The Bertz CT molecular complexity index is 647. The molecule has 0 radical (unpaired) electrons. The summed E-state index contributed by atoms with van der Waals surface area (Å²) in [6, 6.07) is 3.99. The highest BCUT2D eigenvalue weighted by atomic mass is 32.2. The van der Waals surface area contributed by atoms with Crippen LogP contribution in [0, 0.1) is 0 Å². The Labute approximate surface area is 126 Å². The van der Waals surface area contributed by atoms with Crippen molar-refractivity contribution in [3.05, 3.63) is 29.5 Å². The van der Waals surface area contributed by atoms with Gasteiger partial charge in [0.25, 0.3) is 0 Å². The number of rotatable bonds is 5. The summed E-state index contributed by atoms with van der Waals surface area (Å²) in [5.74, 6) is 1.44. The summed E-state index contributed by atoms with van der Waals surface area (Å²) in [4.78, 5) is 5.52. The third-order valence-electron chi connectivity index (χ3n) is 2.19. The highest BCUT2D eigenvalue weighted by Gasteiger charge is 2.09. The maximum atomic E-state index is 5.47. The van der Waals surface area contributed by atoms with Crippen molar-refractivity contribution >= 4 is 46.2 Å². The first-order valence-electron chi connectivity index (χ1n) is 5.34. The zero-order valence-corrected chi connectivity index (χ0v) is 13.2. The van der Waals surface area contributed by atoms with Crippen LogP contribution in [0.4, 0.5) is 0 Å². The lowest BCUT2D eigenvalue weighted by Crippen LogP contribution is -1.80. The standard InChI is InChI=1S/C11H9N3OS4/c1-16-10-13-14-11(19-10)18-6-7-5-15-9(12-7)8-3-2-4-17-8/h2-5H,6H2,1H3. The highest BCUT2D eigenvalue weighted by Crippen LogP contribution is 2.30. The summed E-state index contributed by atoms with van der Waals surface area (Å²) in [5.41, 5.74) is 0.925. The van der Waals surface area contributed by atoms with Gasteiger partial charge in [-0.3, -0.25) is 0 Å². The van der Waals surface area contributed by atoms with Crippen molar-refractivity contribution < 1.29 is 4.42 Å². The Balaban J connectivity index is 1.64. The van der Waals surface area contributed by atoms with Crippen LogP contribution in [0.25, 0.3) is 10.8 Å². The van der Waals surface area contributed by atoms with Crippen LogP contribution in [0.2, 0.25) is 0 Å². The molecule has 3 rings (SSSR count). The van der Waals surface area contributed by atoms with Crippen molar-refractivity contribution in [2.24, 2.45) is 0 Å². The molecule has 0 saturated heterocycles. The largest absolute Gasteiger partial charge is 0.444 e. The van der Waals surface area contributed by atoms with E-state index in [0.717, 1.165) is 25.0 Å². The molecule has 0 aliphatic heterocycles. The number of thioether (sulfide) groups is 2. The zero-order valence-electron chi connectivity index (χ0n) is 9.90. The fourth-order valence-electron chi connectivity index (χ4n) is 1.36. The van der Waals surface area contributed by atoms with Gasteiger partial charge in [0.05, 0.1) is 10.6 Å². The summed E-state index contributed by atoms with van der Waals surface area (Å²) in [5, 5.41) is 10.2. The summed E-state index contributed by atoms with van der Waals surface area (Å²) in [6.45, 7) is 0. The molecule has 3 aromatic heterocycles. The molecular weight excluding hydrogens is 318 g/mol. The number of aromatic nitrogens is 3. The van der Waals surface area contributed by atoms with Gasteiger partial charge in [-0.05, 0) is 17.7 Å². The van der Waals surface area contributed by atoms with Gasteiger partial charge >= 0.3 is 0 Å². The molecule has 0 spiro atoms. The predicted octanol–water partition coefficient (Wildman–Crippen LogP) is 4.27. The van der Waals surface area contributed by atoms with E-state index in [1.165, 1.54) is 0 Å². The molecule has 0 amide bonds. The van der Waals surface area contributed by atoms with E-state index in [1.807, 2.05) is 23.8 Å². The molecule has 0 bridgehead atoms. The van der Waals surface area contributed by atoms with E-state index < -0.39 is 0 Å². The normalized spacial score (nSPS) is 11.0. The molecule has 0 fully saturated rings. The molecule has 0 saturated carbocycles. The number of hydrogen-bond donors (Lipinski definition) is 0. The van der Waals surface area contributed by atoms with E-state index in [1.54, 1.807) is 52.5 Å². The monoisotopic (exact) mass is 327 g/mol. The average Bonchev–Trinajstić information content (AvgIpc) is 3.16. The lowest BCUT2D eigenvalue weighted by molar-refractivity contribution is 0.575. The van der Waals surface area contributed by atoms with Gasteiger partial charge in [-0.1, -0.05) is 40.9 Å². The van der Waals surface area contributed by atoms with Crippen LogP contribution in [0.5, 0.6) is 0 Å². The van der Waals surface area contributed by atoms with Crippen molar-refractivity contribution in [2.75, 3.05) is 6.26 Å². The van der Waals surface area contributed by atoms with Crippen LogP contribution in [-0.2, 0) is 5.75 Å². The molecular formula is C11H9N3OS4. The summed E-state index contributed by atoms with van der Waals surface area (Å²) < 4.78 is 7.42. The Kier molecular flexibility index (Phi) is 4.21. The highest BCUT2D eigenvalue weighted by molar-refractivity contribution is 8.02. The smallest absolute Gasteiger partial charge is 0.236 e. The average molecular weight is 327 g/mol. The van der Waals surface area contributed by atoms with Crippen LogP contribution < -0.4 is 0 Å². The SMILES string of the molecule is CSc1nnc(SCc2coc(-c3cccs3)n2)s1. The summed E-state index contributed by atoms with van der Waals surface area (Å²) >= 11 is 6.47. The van der Waals surface area contributed by atoms with E-state index in [2.05, 4.69) is 15.2 Å². The first-order chi connectivity index (χ1) is 9.35. The minimum absolute atomic E-state index is 0.688. The van der Waals surface area contributed by atoms with Crippen molar-refractivity contribution in [2.45, 2.75) is 14.4 Å². The Morgan fingerprint density at radius 2 is 2.21 bits per heavy atom. The molecule has 0 aliphatic rings. The number of nitrogens with zero attached hydrogens (tertiary/aromatic N) is 3. The number of oxazole rings is 1. The van der Waals surface area contributed by atoms with Crippen LogP contribution in [0.1, 0.15) is 5.69 Å². The van der Waals surface area contributed by atoms with Crippen molar-refractivity contribution in [3.8, 4) is 10.8 Å². The second kappa shape index (κ2) is 6.08. The van der Waals surface area contributed by atoms with Crippen LogP contribution in [-0.4, -0.2) is 21.4 Å². The van der Waals surface area contributed by atoms with Gasteiger partial charge in [-0.2, -0.15) is 0 Å². The second-order valence-electron chi connectivity index (χ2n) is 3.45. The number of thiophene rings is 1. The lowest BCUT2D eigenvalue weighted by Gasteiger charge is -1.90. The van der Waals surface area contributed by atoms with Crippen LogP contribution in [0.15, 0.2) is 36.9 Å². The summed E-state index contributed by atoms with van der Waals surface area (Å²) in [6.07, 6.45) is 3.71. The van der Waals surface area contributed by atoms with Gasteiger partial charge in [0, 0.05) is 5.75 Å². The van der Waals surface area contributed by atoms with Gasteiger partial charge in [-0.25, -0.2) is 4.98 Å². The molecule has 98 valence electrons. The van der Waals surface area contributed by atoms with Gasteiger partial charge in [0.15, 0.2) is 8.68 Å². The van der Waals surface area contributed by atoms with Crippen molar-refractivity contribution in [3.63, 3.8) is 0 Å². The quantitative estimate of drug-likeness (QED) is 0.652. The molecule has 0 unspecified atom stereocenters. The first-order valence-corrected chi connectivity index (χ1v) is 9.24. The topological polar surface area (TPSA) is 51.8 Å². The minimum atomic E-state index is 0.688. The van der Waals surface area contributed by atoms with Gasteiger partial charge in [0.1, 0.15) is 6.26 Å². The Morgan fingerprint density at radius 1 is 1.32 bits per heavy atom. The molecule has 3 heterocycles. The Morgan fingerprint density at radius 3 is 2.95 bits per heavy atom.